The maximum Gasteiger partial charge on any atom is 0.347 e. The van der Waals surface area contributed by atoms with Gasteiger partial charge in [0.25, 0.3) is 0 Å². The van der Waals surface area contributed by atoms with Crippen molar-refractivity contribution in [2.45, 2.75) is 18.1 Å². The van der Waals surface area contributed by atoms with E-state index in [0.717, 1.165) is 17.5 Å². The maximum absolute atomic E-state index is 12.9. The monoisotopic (exact) mass is 479 g/mol. The van der Waals surface area contributed by atoms with Crippen LogP contribution in [0, 0.1) is 0 Å². The van der Waals surface area contributed by atoms with Crippen LogP contribution in [0.2, 0.25) is 0 Å². The number of hydrogen-bond donors (Lipinski definition) is 2. The molecule has 0 saturated carbocycles. The van der Waals surface area contributed by atoms with Crippen molar-refractivity contribution < 1.29 is 33.6 Å². The molecule has 2 N–H and O–H groups in total. The minimum atomic E-state index is -1.35. The molecule has 3 aromatic rings. The Kier molecular flexibility index (Phi) is 7.02. The minimum absolute atomic E-state index is 0.304. The molecule has 1 aliphatic rings. The van der Waals surface area contributed by atoms with Crippen molar-refractivity contribution in [3.63, 3.8) is 0 Å². The number of fused-ring (bicyclic) bond motifs is 1. The molecule has 2 atom stereocenters. The first kappa shape index (κ1) is 24.2. The van der Waals surface area contributed by atoms with Gasteiger partial charge in [0.1, 0.15) is 22.8 Å². The van der Waals surface area contributed by atoms with Gasteiger partial charge in [-0.2, -0.15) is 0 Å². The van der Waals surface area contributed by atoms with Crippen LogP contribution in [-0.2, 0) is 16.8 Å². The first-order valence-corrected chi connectivity index (χ1v) is 11.1. The second kappa shape index (κ2) is 10.1. The molecule has 35 heavy (non-hydrogen) atoms. The molecule has 1 aliphatic heterocycles. The Balaban J connectivity index is 1.94. The Morgan fingerprint density at radius 3 is 2.14 bits per heavy atom. The Morgan fingerprint density at radius 1 is 0.857 bits per heavy atom. The lowest BCUT2D eigenvalue weighted by Gasteiger charge is -2.44. The average molecular weight is 480 g/mol. The van der Waals surface area contributed by atoms with Crippen LogP contribution < -0.4 is 29.0 Å². The molecule has 8 nitrogen and oxygen atoms in total. The van der Waals surface area contributed by atoms with E-state index in [2.05, 4.69) is 5.32 Å². The van der Waals surface area contributed by atoms with E-state index in [1.165, 1.54) is 14.2 Å². The van der Waals surface area contributed by atoms with Crippen molar-refractivity contribution in [1.29, 1.82) is 0 Å². The Morgan fingerprint density at radius 2 is 1.51 bits per heavy atom. The average Bonchev–Trinajstić information content (AvgIpc) is 2.90. The van der Waals surface area contributed by atoms with Crippen molar-refractivity contribution in [3.05, 3.63) is 77.4 Å². The van der Waals surface area contributed by atoms with Crippen LogP contribution in [0.15, 0.2) is 60.7 Å². The molecule has 3 aromatic carbocycles. The molecule has 184 valence electrons. The molecule has 0 bridgehead atoms. The van der Waals surface area contributed by atoms with E-state index < -0.39 is 17.6 Å². The largest absolute Gasteiger partial charge is 0.496 e. The van der Waals surface area contributed by atoms with Gasteiger partial charge in [-0.1, -0.05) is 30.3 Å². The molecular weight excluding hydrogens is 450 g/mol. The van der Waals surface area contributed by atoms with Crippen LogP contribution in [0.3, 0.4) is 0 Å². The summed E-state index contributed by atoms with van der Waals surface area (Å²) in [6.45, 7) is 0.555. The van der Waals surface area contributed by atoms with Crippen molar-refractivity contribution in [2.75, 3.05) is 35.0 Å². The molecule has 0 saturated heterocycles. The second-order valence-electron chi connectivity index (χ2n) is 8.10. The molecule has 4 rings (SSSR count). The summed E-state index contributed by atoms with van der Waals surface area (Å²) in [5.74, 6) is 1.17. The molecule has 0 unspecified atom stereocenters. The fourth-order valence-electron chi connectivity index (χ4n) is 4.65. The molecule has 8 heteroatoms. The third kappa shape index (κ3) is 4.44. The van der Waals surface area contributed by atoms with Gasteiger partial charge >= 0.3 is 5.97 Å². The molecular formula is C27H29NO7. The predicted molar refractivity (Wildman–Crippen MR) is 130 cm³/mol. The van der Waals surface area contributed by atoms with E-state index in [-0.39, 0.29) is 0 Å². The second-order valence-corrected chi connectivity index (χ2v) is 8.10. The number of hydrogen-bond acceptors (Lipinski definition) is 7. The summed E-state index contributed by atoms with van der Waals surface area (Å²) in [6, 6.07) is 18.2. The van der Waals surface area contributed by atoms with Crippen LogP contribution in [0.25, 0.3) is 0 Å². The number of benzene rings is 3. The van der Waals surface area contributed by atoms with E-state index in [1.54, 1.807) is 44.6 Å². The smallest absolute Gasteiger partial charge is 0.347 e. The van der Waals surface area contributed by atoms with Crippen molar-refractivity contribution >= 4 is 5.97 Å². The fourth-order valence-corrected chi connectivity index (χ4v) is 4.65. The van der Waals surface area contributed by atoms with Crippen LogP contribution >= 0.6 is 0 Å². The first-order chi connectivity index (χ1) is 17.0. The standard InChI is InChI=1S/C27H29NO7/c1-31-19-14-20(32-2)16-21(15-19)35-25(26(29)30)27(18-9-10-23(33-3)24(13-18)34-4)22-8-6-5-7-17(22)11-12-28-27/h5-10,13-16,25,28H,11-12H2,1-4H3,(H,29,30)/t25-,27+/m1/s1. The molecule has 0 radical (unpaired) electrons. The predicted octanol–water partition coefficient (Wildman–Crippen LogP) is 3.64. The van der Waals surface area contributed by atoms with Crippen LogP contribution in [0.4, 0.5) is 0 Å². The van der Waals surface area contributed by atoms with Gasteiger partial charge in [-0.3, -0.25) is 5.32 Å². The summed E-state index contributed by atoms with van der Waals surface area (Å²) in [5.41, 5.74) is 1.31. The van der Waals surface area contributed by atoms with E-state index >= 15 is 0 Å². The third-order valence-corrected chi connectivity index (χ3v) is 6.28. The van der Waals surface area contributed by atoms with Crippen molar-refractivity contribution in [2.24, 2.45) is 0 Å². The highest BCUT2D eigenvalue weighted by atomic mass is 16.5. The Hall–Kier alpha value is -3.91. The van der Waals surface area contributed by atoms with E-state index in [1.807, 2.05) is 30.3 Å². The van der Waals surface area contributed by atoms with E-state index in [0.29, 0.717) is 40.9 Å². The first-order valence-electron chi connectivity index (χ1n) is 11.1. The van der Waals surface area contributed by atoms with Gasteiger partial charge in [-0.15, -0.1) is 0 Å². The van der Waals surface area contributed by atoms with Crippen LogP contribution in [-0.4, -0.2) is 52.2 Å². The van der Waals surface area contributed by atoms with Crippen molar-refractivity contribution in [1.82, 2.24) is 5.32 Å². The van der Waals surface area contributed by atoms with E-state index in [9.17, 15) is 9.90 Å². The summed E-state index contributed by atoms with van der Waals surface area (Å²) in [7, 11) is 6.15. The summed E-state index contributed by atoms with van der Waals surface area (Å²) >= 11 is 0. The van der Waals surface area contributed by atoms with E-state index in [4.69, 9.17) is 23.7 Å². The number of carboxylic acids is 1. The zero-order valence-corrected chi connectivity index (χ0v) is 20.2. The fraction of sp³-hybridized carbons (Fsp3) is 0.296. The summed E-state index contributed by atoms with van der Waals surface area (Å²) < 4.78 is 27.9. The third-order valence-electron chi connectivity index (χ3n) is 6.28. The normalized spacial score (nSPS) is 17.6. The van der Waals surface area contributed by atoms with Gasteiger partial charge < -0.3 is 28.8 Å². The summed E-state index contributed by atoms with van der Waals surface area (Å²) in [6.07, 6.45) is -0.594. The van der Waals surface area contributed by atoms with Gasteiger partial charge in [-0.05, 0) is 35.2 Å². The quantitative estimate of drug-likeness (QED) is 0.480. The van der Waals surface area contributed by atoms with Gasteiger partial charge in [0, 0.05) is 24.7 Å². The highest BCUT2D eigenvalue weighted by Crippen LogP contribution is 2.43. The van der Waals surface area contributed by atoms with Gasteiger partial charge in [0.05, 0.1) is 28.4 Å². The molecule has 0 amide bonds. The lowest BCUT2D eigenvalue weighted by atomic mass is 9.73. The van der Waals surface area contributed by atoms with Crippen molar-refractivity contribution in [3.8, 4) is 28.7 Å². The molecule has 0 aromatic heterocycles. The highest BCUT2D eigenvalue weighted by Gasteiger charge is 2.50. The van der Waals surface area contributed by atoms with Crippen LogP contribution in [0.1, 0.15) is 16.7 Å². The number of rotatable bonds is 9. The SMILES string of the molecule is COc1cc(OC)cc(O[C@H](C(=O)O)[C@@]2(c3ccc(OC)c(OC)c3)NCCc3ccccc32)c1. The summed E-state index contributed by atoms with van der Waals surface area (Å²) in [4.78, 5) is 12.9. The lowest BCUT2D eigenvalue weighted by molar-refractivity contribution is -0.149. The number of aliphatic carboxylic acids is 1. The molecule has 0 aliphatic carbocycles. The highest BCUT2D eigenvalue weighted by molar-refractivity contribution is 5.77. The van der Waals surface area contributed by atoms with Gasteiger partial charge in [0.15, 0.2) is 11.5 Å². The molecule has 0 fully saturated rings. The van der Waals surface area contributed by atoms with Crippen LogP contribution in [0.5, 0.6) is 28.7 Å². The van der Waals surface area contributed by atoms with Gasteiger partial charge in [0.2, 0.25) is 6.10 Å². The number of ether oxygens (including phenoxy) is 5. The number of methoxy groups -OCH3 is 4. The van der Waals surface area contributed by atoms with Gasteiger partial charge in [-0.25, -0.2) is 4.79 Å². The number of carbonyl (C=O) groups is 1. The lowest BCUT2D eigenvalue weighted by Crippen LogP contribution is -2.60. The minimum Gasteiger partial charge on any atom is -0.496 e. The number of nitrogens with one attached hydrogen (secondary N) is 1. The zero-order valence-electron chi connectivity index (χ0n) is 20.2. The number of carboxylic acid groups (broad SMARTS) is 1. The summed E-state index contributed by atoms with van der Waals surface area (Å²) in [5, 5.41) is 14.0. The molecule has 0 spiro atoms. The Bertz CT molecular complexity index is 1190. The Labute approximate surface area is 204 Å². The topological polar surface area (TPSA) is 95.5 Å². The molecule has 1 heterocycles. The zero-order chi connectivity index (χ0) is 25.0. The maximum atomic E-state index is 12.9.